The van der Waals surface area contributed by atoms with E-state index in [0.29, 0.717) is 24.6 Å². The van der Waals surface area contributed by atoms with Crippen molar-refractivity contribution in [3.63, 3.8) is 0 Å². The van der Waals surface area contributed by atoms with Gasteiger partial charge in [-0.2, -0.15) is 0 Å². The number of aryl methyl sites for hydroxylation is 1. The van der Waals surface area contributed by atoms with Crippen LogP contribution in [0.5, 0.6) is 0 Å². The highest BCUT2D eigenvalue weighted by molar-refractivity contribution is 5.94. The molecule has 2 N–H and O–H groups in total. The molecular formula is C26H31N3O3. The van der Waals surface area contributed by atoms with Gasteiger partial charge in [-0.15, -0.1) is 0 Å². The molecule has 6 heteroatoms. The molecule has 3 aromatic rings. The lowest BCUT2D eigenvalue weighted by Gasteiger charge is -2.22. The van der Waals surface area contributed by atoms with Crippen LogP contribution in [0.4, 0.5) is 5.69 Å². The van der Waals surface area contributed by atoms with Gasteiger partial charge in [0, 0.05) is 24.8 Å². The number of nitrogens with zero attached hydrogens (tertiary/aromatic N) is 1. The molecule has 0 bridgehead atoms. The normalized spacial score (nSPS) is 11.1. The predicted octanol–water partition coefficient (Wildman–Crippen LogP) is 4.71. The number of para-hydroxylation sites is 1. The highest BCUT2D eigenvalue weighted by atomic mass is 16.3. The summed E-state index contributed by atoms with van der Waals surface area (Å²) in [5.74, 6) is 0.902. The predicted molar refractivity (Wildman–Crippen MR) is 127 cm³/mol. The van der Waals surface area contributed by atoms with E-state index in [0.717, 1.165) is 28.1 Å². The number of carbonyl (C=O) groups excluding carboxylic acids is 2. The van der Waals surface area contributed by atoms with Crippen molar-refractivity contribution in [1.29, 1.82) is 0 Å². The van der Waals surface area contributed by atoms with Gasteiger partial charge < -0.3 is 15.1 Å². The first kappa shape index (κ1) is 23.3. The molecule has 0 saturated carbocycles. The monoisotopic (exact) mass is 433 g/mol. The van der Waals surface area contributed by atoms with Crippen LogP contribution in [0.2, 0.25) is 0 Å². The topological polar surface area (TPSA) is 74.6 Å². The summed E-state index contributed by atoms with van der Waals surface area (Å²) in [5, 5.41) is 5.75. The second kappa shape index (κ2) is 10.8. The van der Waals surface area contributed by atoms with Gasteiger partial charge in [0.1, 0.15) is 5.76 Å². The fourth-order valence-corrected chi connectivity index (χ4v) is 3.68. The van der Waals surface area contributed by atoms with E-state index in [2.05, 4.69) is 30.5 Å². The minimum atomic E-state index is -0.123. The Morgan fingerprint density at radius 2 is 1.75 bits per heavy atom. The molecule has 32 heavy (non-hydrogen) atoms. The van der Waals surface area contributed by atoms with E-state index in [4.69, 9.17) is 4.42 Å². The zero-order valence-corrected chi connectivity index (χ0v) is 19.1. The second-order valence-electron chi connectivity index (χ2n) is 8.24. The summed E-state index contributed by atoms with van der Waals surface area (Å²) < 4.78 is 5.51. The second-order valence-corrected chi connectivity index (χ2v) is 8.24. The van der Waals surface area contributed by atoms with Crippen LogP contribution in [0.25, 0.3) is 0 Å². The quantitative estimate of drug-likeness (QED) is 0.512. The number of nitrogens with one attached hydrogen (secondary N) is 2. The van der Waals surface area contributed by atoms with E-state index in [9.17, 15) is 9.59 Å². The molecule has 168 valence electrons. The van der Waals surface area contributed by atoms with Crippen molar-refractivity contribution in [2.45, 2.75) is 39.8 Å². The third-order valence-electron chi connectivity index (χ3n) is 5.37. The molecule has 0 atom stereocenters. The number of furan rings is 1. The van der Waals surface area contributed by atoms with Crippen LogP contribution in [-0.4, -0.2) is 30.3 Å². The van der Waals surface area contributed by atoms with Gasteiger partial charge in [-0.05, 0) is 53.8 Å². The summed E-state index contributed by atoms with van der Waals surface area (Å²) in [6.07, 6.45) is 1.63. The van der Waals surface area contributed by atoms with Crippen LogP contribution in [0.15, 0.2) is 65.3 Å². The molecule has 0 radical (unpaired) electrons. The average molecular weight is 434 g/mol. The maximum absolute atomic E-state index is 13.0. The molecule has 0 spiro atoms. The van der Waals surface area contributed by atoms with Gasteiger partial charge in [0.15, 0.2) is 0 Å². The van der Waals surface area contributed by atoms with E-state index in [-0.39, 0.29) is 18.4 Å². The zero-order chi connectivity index (χ0) is 23.1. The van der Waals surface area contributed by atoms with Crippen molar-refractivity contribution in [2.75, 3.05) is 18.9 Å². The molecule has 1 aromatic heterocycles. The molecule has 3 rings (SSSR count). The molecule has 0 aliphatic heterocycles. The molecule has 0 saturated heterocycles. The van der Waals surface area contributed by atoms with Crippen LogP contribution < -0.4 is 10.6 Å². The lowest BCUT2D eigenvalue weighted by molar-refractivity contribution is -0.117. The SMILES string of the molecule is CNC(=O)c1ccc(CN(CC(=O)Nc2c(C)cccc2C(C)C)Cc2ccco2)cc1. The average Bonchev–Trinajstić information content (AvgIpc) is 3.28. The Morgan fingerprint density at radius 3 is 2.38 bits per heavy atom. The summed E-state index contributed by atoms with van der Waals surface area (Å²) in [6.45, 7) is 7.52. The van der Waals surface area contributed by atoms with Crippen molar-refractivity contribution in [3.05, 3.63) is 88.9 Å². The highest BCUT2D eigenvalue weighted by Crippen LogP contribution is 2.27. The first-order valence-electron chi connectivity index (χ1n) is 10.8. The van der Waals surface area contributed by atoms with Gasteiger partial charge in [0.25, 0.3) is 5.91 Å². The van der Waals surface area contributed by atoms with Gasteiger partial charge in [-0.25, -0.2) is 0 Å². The Labute approximate surface area is 189 Å². The van der Waals surface area contributed by atoms with E-state index in [1.807, 2.05) is 48.2 Å². The number of hydrogen-bond acceptors (Lipinski definition) is 4. The Kier molecular flexibility index (Phi) is 7.84. The number of amides is 2. The van der Waals surface area contributed by atoms with E-state index in [1.165, 1.54) is 0 Å². The molecule has 2 amide bonds. The van der Waals surface area contributed by atoms with Crippen LogP contribution in [0, 0.1) is 6.92 Å². The standard InChI is InChI=1S/C26H31N3O3/c1-18(2)23-9-5-7-19(3)25(23)28-24(30)17-29(16-22-8-6-14-32-22)15-20-10-12-21(13-11-20)26(31)27-4/h5-14,18H,15-17H2,1-4H3,(H,27,31)(H,28,30). The van der Waals surface area contributed by atoms with E-state index in [1.54, 1.807) is 25.4 Å². The Balaban J connectivity index is 1.75. The minimum Gasteiger partial charge on any atom is -0.468 e. The Bertz CT molecular complexity index is 1040. The van der Waals surface area contributed by atoms with Gasteiger partial charge in [-0.1, -0.05) is 44.2 Å². The van der Waals surface area contributed by atoms with Crippen molar-refractivity contribution < 1.29 is 14.0 Å². The van der Waals surface area contributed by atoms with Crippen LogP contribution >= 0.6 is 0 Å². The van der Waals surface area contributed by atoms with Gasteiger partial charge in [0.05, 0.1) is 19.4 Å². The third kappa shape index (κ3) is 6.08. The van der Waals surface area contributed by atoms with E-state index >= 15 is 0 Å². The lowest BCUT2D eigenvalue weighted by atomic mass is 9.98. The fraction of sp³-hybridized carbons (Fsp3) is 0.308. The van der Waals surface area contributed by atoms with Gasteiger partial charge >= 0.3 is 0 Å². The molecular weight excluding hydrogens is 402 g/mol. The summed E-state index contributed by atoms with van der Waals surface area (Å²) in [6, 6.07) is 17.2. The first-order chi connectivity index (χ1) is 15.4. The van der Waals surface area contributed by atoms with Gasteiger partial charge in [-0.3, -0.25) is 14.5 Å². The van der Waals surface area contributed by atoms with Crippen molar-refractivity contribution in [1.82, 2.24) is 10.2 Å². The van der Waals surface area contributed by atoms with Crippen molar-refractivity contribution in [3.8, 4) is 0 Å². The Hall–Kier alpha value is -3.38. The van der Waals surface area contributed by atoms with Gasteiger partial charge in [0.2, 0.25) is 5.91 Å². The summed E-state index contributed by atoms with van der Waals surface area (Å²) in [7, 11) is 1.61. The van der Waals surface area contributed by atoms with Crippen LogP contribution in [-0.2, 0) is 17.9 Å². The maximum atomic E-state index is 13.0. The molecule has 6 nitrogen and oxygen atoms in total. The van der Waals surface area contributed by atoms with Crippen LogP contribution in [0.1, 0.15) is 52.6 Å². The minimum absolute atomic E-state index is 0.0743. The molecule has 2 aromatic carbocycles. The molecule has 0 aliphatic carbocycles. The smallest absolute Gasteiger partial charge is 0.251 e. The summed E-state index contributed by atoms with van der Waals surface area (Å²) >= 11 is 0. The van der Waals surface area contributed by atoms with Crippen LogP contribution in [0.3, 0.4) is 0 Å². The summed E-state index contributed by atoms with van der Waals surface area (Å²) in [5.41, 5.74) is 4.68. The molecule has 0 unspecified atom stereocenters. The Morgan fingerprint density at radius 1 is 1.00 bits per heavy atom. The van der Waals surface area contributed by atoms with Crippen molar-refractivity contribution in [2.24, 2.45) is 0 Å². The highest BCUT2D eigenvalue weighted by Gasteiger charge is 2.17. The first-order valence-corrected chi connectivity index (χ1v) is 10.8. The maximum Gasteiger partial charge on any atom is 0.251 e. The van der Waals surface area contributed by atoms with E-state index < -0.39 is 0 Å². The fourth-order valence-electron chi connectivity index (χ4n) is 3.68. The molecule has 0 aliphatic rings. The number of hydrogen-bond donors (Lipinski definition) is 2. The number of benzene rings is 2. The number of rotatable bonds is 9. The largest absolute Gasteiger partial charge is 0.468 e. The third-order valence-corrected chi connectivity index (χ3v) is 5.37. The number of anilines is 1. The van der Waals surface area contributed by atoms with Crippen molar-refractivity contribution >= 4 is 17.5 Å². The number of carbonyl (C=O) groups is 2. The zero-order valence-electron chi connectivity index (χ0n) is 19.1. The molecule has 1 heterocycles. The lowest BCUT2D eigenvalue weighted by Crippen LogP contribution is -2.33. The molecule has 0 fully saturated rings. The summed E-state index contributed by atoms with van der Waals surface area (Å²) in [4.78, 5) is 26.8.